The summed E-state index contributed by atoms with van der Waals surface area (Å²) in [6.07, 6.45) is 4.30. The summed E-state index contributed by atoms with van der Waals surface area (Å²) in [5.74, 6) is 0.237. The quantitative estimate of drug-likeness (QED) is 0.829. The molecule has 0 bridgehead atoms. The van der Waals surface area contributed by atoms with E-state index in [-0.39, 0.29) is 10.7 Å². The van der Waals surface area contributed by atoms with Gasteiger partial charge in [-0.15, -0.1) is 11.8 Å². The first kappa shape index (κ1) is 17.8. The Hall–Kier alpha value is -1.04. The van der Waals surface area contributed by atoms with Crippen LogP contribution in [0.4, 0.5) is 0 Å². The number of thioether (sulfide) groups is 1. The van der Waals surface area contributed by atoms with E-state index in [1.807, 2.05) is 0 Å². The van der Waals surface area contributed by atoms with Gasteiger partial charge in [0.15, 0.2) is 0 Å². The highest BCUT2D eigenvalue weighted by molar-refractivity contribution is 8.01. The predicted molar refractivity (Wildman–Crippen MR) is 101 cm³/mol. The fourth-order valence-electron chi connectivity index (χ4n) is 3.58. The summed E-state index contributed by atoms with van der Waals surface area (Å²) in [4.78, 5) is 16.5. The average Bonchev–Trinajstić information content (AvgIpc) is 3.08. The monoisotopic (exact) mass is 347 g/mol. The fraction of sp³-hybridized carbons (Fsp3) is 0.632. The topological polar surface area (TPSA) is 44.4 Å². The van der Waals surface area contributed by atoms with Crippen LogP contribution in [-0.2, 0) is 4.79 Å². The van der Waals surface area contributed by atoms with Crippen molar-refractivity contribution in [1.29, 1.82) is 0 Å². The zero-order valence-corrected chi connectivity index (χ0v) is 15.5. The molecule has 132 valence electrons. The lowest BCUT2D eigenvalue weighted by Gasteiger charge is -2.30. The minimum Gasteiger partial charge on any atom is -0.354 e. The minimum atomic E-state index is -0.265. The van der Waals surface area contributed by atoms with Gasteiger partial charge in [0.2, 0.25) is 5.91 Å². The van der Waals surface area contributed by atoms with E-state index in [4.69, 9.17) is 0 Å². The van der Waals surface area contributed by atoms with E-state index < -0.39 is 0 Å². The van der Waals surface area contributed by atoms with Crippen LogP contribution in [0.5, 0.6) is 0 Å². The van der Waals surface area contributed by atoms with E-state index >= 15 is 0 Å². The maximum Gasteiger partial charge on any atom is 0.236 e. The predicted octanol–water partition coefficient (Wildman–Crippen LogP) is 2.42. The van der Waals surface area contributed by atoms with Crippen LogP contribution >= 0.6 is 11.8 Å². The van der Waals surface area contributed by atoms with Crippen LogP contribution in [0.15, 0.2) is 29.2 Å². The number of nitrogens with one attached hydrogen (secondary N) is 2. The largest absolute Gasteiger partial charge is 0.354 e. The molecule has 0 unspecified atom stereocenters. The standard InChI is InChI=1S/C19H29N3OS/c1-16-4-6-17(7-5-16)24-19(8-2-3-9-19)18(23)21-12-15-22-13-10-20-11-14-22/h4-7,20H,2-3,8-15H2,1H3,(H,21,23). The van der Waals surface area contributed by atoms with Crippen LogP contribution in [0.3, 0.4) is 0 Å². The van der Waals surface area contributed by atoms with Gasteiger partial charge in [-0.3, -0.25) is 9.69 Å². The van der Waals surface area contributed by atoms with E-state index in [9.17, 15) is 4.79 Å². The van der Waals surface area contributed by atoms with Crippen LogP contribution in [0.2, 0.25) is 0 Å². The van der Waals surface area contributed by atoms with Gasteiger partial charge < -0.3 is 10.6 Å². The van der Waals surface area contributed by atoms with Crippen molar-refractivity contribution in [3.05, 3.63) is 29.8 Å². The molecule has 1 heterocycles. The van der Waals surface area contributed by atoms with Crippen molar-refractivity contribution in [1.82, 2.24) is 15.5 Å². The molecule has 1 aliphatic heterocycles. The van der Waals surface area contributed by atoms with Crippen molar-refractivity contribution < 1.29 is 4.79 Å². The third-order valence-corrected chi connectivity index (χ3v) is 6.57. The number of hydrogen-bond acceptors (Lipinski definition) is 4. The molecule has 1 aliphatic carbocycles. The highest BCUT2D eigenvalue weighted by atomic mass is 32.2. The van der Waals surface area contributed by atoms with Crippen molar-refractivity contribution in [3.63, 3.8) is 0 Å². The number of piperazine rings is 1. The summed E-state index contributed by atoms with van der Waals surface area (Å²) in [5.41, 5.74) is 1.26. The van der Waals surface area contributed by atoms with Crippen molar-refractivity contribution in [2.45, 2.75) is 42.2 Å². The lowest BCUT2D eigenvalue weighted by atomic mass is 10.1. The molecule has 4 nitrogen and oxygen atoms in total. The third kappa shape index (κ3) is 4.52. The molecule has 1 aromatic rings. The average molecular weight is 348 g/mol. The van der Waals surface area contributed by atoms with Crippen LogP contribution < -0.4 is 10.6 Å². The molecule has 1 amide bonds. The number of rotatable bonds is 6. The van der Waals surface area contributed by atoms with Gasteiger partial charge in [-0.05, 0) is 31.9 Å². The minimum absolute atomic E-state index is 0.237. The van der Waals surface area contributed by atoms with E-state index in [1.165, 1.54) is 10.5 Å². The Kier molecular flexibility index (Phi) is 6.19. The van der Waals surface area contributed by atoms with Crippen LogP contribution in [-0.4, -0.2) is 54.8 Å². The molecule has 2 fully saturated rings. The summed E-state index contributed by atoms with van der Waals surface area (Å²) in [7, 11) is 0. The fourth-order valence-corrected chi connectivity index (χ4v) is 4.96. The molecule has 0 aromatic heterocycles. The number of amides is 1. The number of carbonyl (C=O) groups is 1. The van der Waals surface area contributed by atoms with Gasteiger partial charge in [-0.2, -0.15) is 0 Å². The summed E-state index contributed by atoms with van der Waals surface area (Å²) >= 11 is 1.77. The molecular weight excluding hydrogens is 318 g/mol. The molecule has 0 spiro atoms. The molecular formula is C19H29N3OS. The summed E-state index contributed by atoms with van der Waals surface area (Å²) < 4.78 is -0.265. The van der Waals surface area contributed by atoms with Gasteiger partial charge >= 0.3 is 0 Å². The first-order valence-corrected chi connectivity index (χ1v) is 9.97. The van der Waals surface area contributed by atoms with E-state index in [0.717, 1.165) is 65.0 Å². The molecule has 0 radical (unpaired) electrons. The number of benzene rings is 1. The number of hydrogen-bond donors (Lipinski definition) is 2. The molecule has 1 saturated carbocycles. The second-order valence-corrected chi connectivity index (χ2v) is 8.42. The SMILES string of the molecule is Cc1ccc(SC2(C(=O)NCCN3CCNCC3)CCCC2)cc1. The van der Waals surface area contributed by atoms with Gasteiger partial charge in [0, 0.05) is 44.2 Å². The third-order valence-electron chi connectivity index (χ3n) is 5.08. The Morgan fingerprint density at radius 1 is 1.21 bits per heavy atom. The lowest BCUT2D eigenvalue weighted by molar-refractivity contribution is -0.123. The molecule has 2 aliphatic rings. The van der Waals surface area contributed by atoms with E-state index in [0.29, 0.717) is 0 Å². The normalized spacial score (nSPS) is 20.9. The summed E-state index contributed by atoms with van der Waals surface area (Å²) in [6, 6.07) is 8.56. The lowest BCUT2D eigenvalue weighted by Crippen LogP contribution is -2.48. The maximum atomic E-state index is 12.9. The van der Waals surface area contributed by atoms with Crippen molar-refractivity contribution in [2.75, 3.05) is 39.3 Å². The molecule has 1 aromatic carbocycles. The van der Waals surface area contributed by atoms with Crippen molar-refractivity contribution >= 4 is 17.7 Å². The summed E-state index contributed by atoms with van der Waals surface area (Å²) in [6.45, 7) is 8.09. The van der Waals surface area contributed by atoms with Gasteiger partial charge in [0.25, 0.3) is 0 Å². The Morgan fingerprint density at radius 3 is 2.54 bits per heavy atom. The highest BCUT2D eigenvalue weighted by Gasteiger charge is 2.42. The first-order valence-electron chi connectivity index (χ1n) is 9.15. The highest BCUT2D eigenvalue weighted by Crippen LogP contribution is 2.45. The Morgan fingerprint density at radius 2 is 1.88 bits per heavy atom. The molecule has 0 atom stereocenters. The van der Waals surface area contributed by atoms with Crippen LogP contribution in [0.25, 0.3) is 0 Å². The Balaban J connectivity index is 1.55. The Bertz CT molecular complexity index is 534. The van der Waals surface area contributed by atoms with Gasteiger partial charge in [-0.1, -0.05) is 30.5 Å². The summed E-state index contributed by atoms with van der Waals surface area (Å²) in [5, 5.41) is 6.59. The number of carbonyl (C=O) groups excluding carboxylic acids is 1. The Labute approximate surface area is 149 Å². The van der Waals surface area contributed by atoms with Crippen LogP contribution in [0.1, 0.15) is 31.2 Å². The zero-order chi connectivity index (χ0) is 16.8. The van der Waals surface area contributed by atoms with E-state index in [2.05, 4.69) is 46.7 Å². The smallest absolute Gasteiger partial charge is 0.236 e. The second kappa shape index (κ2) is 8.37. The van der Waals surface area contributed by atoms with Crippen molar-refractivity contribution in [3.8, 4) is 0 Å². The zero-order valence-electron chi connectivity index (χ0n) is 14.6. The molecule has 2 N–H and O–H groups in total. The van der Waals surface area contributed by atoms with E-state index in [1.54, 1.807) is 11.8 Å². The molecule has 3 rings (SSSR count). The second-order valence-electron chi connectivity index (χ2n) is 6.96. The van der Waals surface area contributed by atoms with Gasteiger partial charge in [0.1, 0.15) is 0 Å². The molecule has 1 saturated heterocycles. The number of nitrogens with zero attached hydrogens (tertiary/aromatic N) is 1. The van der Waals surface area contributed by atoms with Crippen molar-refractivity contribution in [2.24, 2.45) is 0 Å². The van der Waals surface area contributed by atoms with Crippen LogP contribution in [0, 0.1) is 6.92 Å². The molecule has 5 heteroatoms. The van der Waals surface area contributed by atoms with Gasteiger partial charge in [-0.25, -0.2) is 0 Å². The van der Waals surface area contributed by atoms with Gasteiger partial charge in [0.05, 0.1) is 4.75 Å². The number of aryl methyl sites for hydroxylation is 1. The maximum absolute atomic E-state index is 12.9. The first-order chi connectivity index (χ1) is 11.7. The molecule has 24 heavy (non-hydrogen) atoms.